The van der Waals surface area contributed by atoms with Gasteiger partial charge in [0, 0.05) is 15.9 Å². The van der Waals surface area contributed by atoms with Crippen molar-refractivity contribution in [2.45, 2.75) is 6.42 Å². The van der Waals surface area contributed by atoms with E-state index in [4.69, 9.17) is 11.6 Å². The van der Waals surface area contributed by atoms with Crippen LogP contribution in [0.1, 0.15) is 15.4 Å². The molecule has 0 saturated carbocycles. The fourth-order valence-corrected chi connectivity index (χ4v) is 3.55. The summed E-state index contributed by atoms with van der Waals surface area (Å²) in [6, 6.07) is 13.3. The largest absolute Gasteiger partial charge is 0.291 e. The predicted octanol–water partition coefficient (Wildman–Crippen LogP) is 5.14. The summed E-state index contributed by atoms with van der Waals surface area (Å²) in [5.41, 5.74) is 1.68. The number of benzene rings is 2. The summed E-state index contributed by atoms with van der Waals surface area (Å²) in [7, 11) is 0. The van der Waals surface area contributed by atoms with Gasteiger partial charge >= 0.3 is 0 Å². The smallest absolute Gasteiger partial charge is 0.195 e. The van der Waals surface area contributed by atoms with Crippen molar-refractivity contribution in [1.82, 2.24) is 4.98 Å². The van der Waals surface area contributed by atoms with E-state index in [-0.39, 0.29) is 12.2 Å². The number of halogens is 2. The van der Waals surface area contributed by atoms with E-state index < -0.39 is 0 Å². The number of fused-ring (bicyclic) bond motifs is 1. The summed E-state index contributed by atoms with van der Waals surface area (Å²) in [6.45, 7) is 0. The molecule has 1 heterocycles. The van der Waals surface area contributed by atoms with Crippen LogP contribution < -0.4 is 0 Å². The highest BCUT2D eigenvalue weighted by atomic mass is 79.9. The van der Waals surface area contributed by atoms with Crippen LogP contribution in [0.5, 0.6) is 0 Å². The van der Waals surface area contributed by atoms with Gasteiger partial charge in [0.25, 0.3) is 0 Å². The Hall–Kier alpha value is -1.23. The van der Waals surface area contributed by atoms with Gasteiger partial charge in [-0.3, -0.25) is 4.79 Å². The van der Waals surface area contributed by atoms with E-state index in [2.05, 4.69) is 20.9 Å². The Bertz CT molecular complexity index is 766. The van der Waals surface area contributed by atoms with Gasteiger partial charge in [-0.2, -0.15) is 0 Å². The molecule has 100 valence electrons. The molecule has 0 aliphatic carbocycles. The summed E-state index contributed by atoms with van der Waals surface area (Å²) in [5, 5.41) is 1.12. The number of Topliss-reactive ketones (excluding diaryl/α,β-unsaturated/α-hetero) is 1. The number of carbonyl (C=O) groups is 1. The van der Waals surface area contributed by atoms with E-state index in [1.54, 1.807) is 6.07 Å². The molecule has 2 aromatic carbocycles. The van der Waals surface area contributed by atoms with Crippen molar-refractivity contribution in [1.29, 1.82) is 0 Å². The fourth-order valence-electron chi connectivity index (χ4n) is 1.91. The van der Waals surface area contributed by atoms with Gasteiger partial charge in [0.1, 0.15) is 0 Å². The topological polar surface area (TPSA) is 30.0 Å². The molecule has 0 spiro atoms. The first-order valence-electron chi connectivity index (χ1n) is 5.96. The van der Waals surface area contributed by atoms with E-state index >= 15 is 0 Å². The summed E-state index contributed by atoms with van der Waals surface area (Å²) >= 11 is 10.9. The van der Waals surface area contributed by atoms with Gasteiger partial charge in [-0.15, -0.1) is 11.3 Å². The highest BCUT2D eigenvalue weighted by molar-refractivity contribution is 9.10. The van der Waals surface area contributed by atoms with Crippen molar-refractivity contribution < 1.29 is 4.79 Å². The number of para-hydroxylation sites is 1. The molecule has 0 fully saturated rings. The zero-order valence-electron chi connectivity index (χ0n) is 10.3. The number of aromatic nitrogens is 1. The Balaban J connectivity index is 1.89. The Morgan fingerprint density at radius 2 is 2.05 bits per heavy atom. The standard InChI is InChI=1S/C15H9BrClNOS/c16-10-6-5-9(11(17)8-10)7-13(19)15-18-12-3-1-2-4-14(12)20-15/h1-6,8H,7H2. The first kappa shape index (κ1) is 13.7. The highest BCUT2D eigenvalue weighted by Gasteiger charge is 2.14. The molecule has 0 aliphatic heterocycles. The molecule has 20 heavy (non-hydrogen) atoms. The van der Waals surface area contributed by atoms with Crippen molar-refractivity contribution in [3.63, 3.8) is 0 Å². The highest BCUT2D eigenvalue weighted by Crippen LogP contribution is 2.25. The summed E-state index contributed by atoms with van der Waals surface area (Å²) < 4.78 is 1.93. The molecule has 0 aliphatic rings. The van der Waals surface area contributed by atoms with E-state index in [1.807, 2.05) is 36.4 Å². The number of carbonyl (C=O) groups excluding carboxylic acids is 1. The predicted molar refractivity (Wildman–Crippen MR) is 86.8 cm³/mol. The van der Waals surface area contributed by atoms with E-state index in [1.165, 1.54) is 11.3 Å². The first-order valence-corrected chi connectivity index (χ1v) is 7.95. The third kappa shape index (κ3) is 2.77. The van der Waals surface area contributed by atoms with Gasteiger partial charge in [0.05, 0.1) is 10.2 Å². The molecule has 2 nitrogen and oxygen atoms in total. The summed E-state index contributed by atoms with van der Waals surface area (Å²) in [4.78, 5) is 16.7. The van der Waals surface area contributed by atoms with Gasteiger partial charge in [0.15, 0.2) is 10.8 Å². The molecule has 0 amide bonds. The molecule has 3 aromatic rings. The molecule has 0 saturated heterocycles. The Morgan fingerprint density at radius 3 is 2.80 bits per heavy atom. The quantitative estimate of drug-likeness (QED) is 0.601. The van der Waals surface area contributed by atoms with Crippen molar-refractivity contribution >= 4 is 54.9 Å². The lowest BCUT2D eigenvalue weighted by Gasteiger charge is -2.02. The molecule has 3 rings (SSSR count). The van der Waals surface area contributed by atoms with Crippen LogP contribution in [0.2, 0.25) is 5.02 Å². The summed E-state index contributed by atoms with van der Waals surface area (Å²) in [5.74, 6) is -0.00424. The SMILES string of the molecule is O=C(Cc1ccc(Br)cc1Cl)c1nc2ccccc2s1. The van der Waals surface area contributed by atoms with Crippen LogP contribution in [0.4, 0.5) is 0 Å². The second kappa shape index (κ2) is 5.64. The molecular weight excluding hydrogens is 358 g/mol. The number of ketones is 1. The third-order valence-corrected chi connectivity index (χ3v) is 4.82. The summed E-state index contributed by atoms with van der Waals surface area (Å²) in [6.07, 6.45) is 0.270. The van der Waals surface area contributed by atoms with E-state index in [9.17, 15) is 4.79 Å². The Labute approximate surface area is 133 Å². The number of hydrogen-bond acceptors (Lipinski definition) is 3. The maximum absolute atomic E-state index is 12.3. The average Bonchev–Trinajstić information content (AvgIpc) is 2.86. The van der Waals surface area contributed by atoms with E-state index in [0.29, 0.717) is 10.0 Å². The number of hydrogen-bond donors (Lipinski definition) is 0. The Kier molecular flexibility index (Phi) is 3.87. The van der Waals surface area contributed by atoms with Crippen LogP contribution in [0, 0.1) is 0 Å². The molecule has 0 N–H and O–H groups in total. The van der Waals surface area contributed by atoms with Gasteiger partial charge in [0.2, 0.25) is 0 Å². The van der Waals surface area contributed by atoms with E-state index in [0.717, 1.165) is 20.3 Å². The van der Waals surface area contributed by atoms with Gasteiger partial charge < -0.3 is 0 Å². The van der Waals surface area contributed by atoms with Crippen molar-refractivity contribution in [2.75, 3.05) is 0 Å². The van der Waals surface area contributed by atoms with Crippen LogP contribution in [-0.2, 0) is 6.42 Å². The molecular formula is C15H9BrClNOS. The maximum atomic E-state index is 12.3. The molecule has 0 atom stereocenters. The lowest BCUT2D eigenvalue weighted by atomic mass is 10.1. The fraction of sp³-hybridized carbons (Fsp3) is 0.0667. The van der Waals surface area contributed by atoms with Gasteiger partial charge in [-0.25, -0.2) is 4.98 Å². The van der Waals surface area contributed by atoms with Crippen LogP contribution >= 0.6 is 38.9 Å². The lowest BCUT2D eigenvalue weighted by molar-refractivity contribution is 0.0993. The normalized spacial score (nSPS) is 10.9. The van der Waals surface area contributed by atoms with Crippen molar-refractivity contribution in [3.05, 3.63) is 62.5 Å². The third-order valence-electron chi connectivity index (χ3n) is 2.90. The van der Waals surface area contributed by atoms with Crippen LogP contribution in [0.15, 0.2) is 46.9 Å². The van der Waals surface area contributed by atoms with Crippen molar-refractivity contribution in [2.24, 2.45) is 0 Å². The Morgan fingerprint density at radius 1 is 1.25 bits per heavy atom. The zero-order chi connectivity index (χ0) is 14.1. The molecule has 5 heteroatoms. The lowest BCUT2D eigenvalue weighted by Crippen LogP contribution is -2.03. The minimum atomic E-state index is -0.00424. The van der Waals surface area contributed by atoms with Crippen LogP contribution in [0.25, 0.3) is 10.2 Å². The minimum Gasteiger partial charge on any atom is -0.291 e. The van der Waals surface area contributed by atoms with Gasteiger partial charge in [-0.05, 0) is 29.8 Å². The zero-order valence-corrected chi connectivity index (χ0v) is 13.4. The number of thiazole rings is 1. The monoisotopic (exact) mass is 365 g/mol. The molecule has 0 bridgehead atoms. The molecule has 0 unspecified atom stereocenters. The minimum absolute atomic E-state index is 0.00424. The molecule has 0 radical (unpaired) electrons. The van der Waals surface area contributed by atoms with Crippen LogP contribution in [-0.4, -0.2) is 10.8 Å². The van der Waals surface area contributed by atoms with Gasteiger partial charge in [-0.1, -0.05) is 45.7 Å². The molecule has 1 aromatic heterocycles. The second-order valence-electron chi connectivity index (χ2n) is 4.32. The second-order valence-corrected chi connectivity index (χ2v) is 6.68. The first-order chi connectivity index (χ1) is 9.63. The maximum Gasteiger partial charge on any atom is 0.195 e. The number of nitrogens with zero attached hydrogens (tertiary/aromatic N) is 1. The average molecular weight is 367 g/mol. The van der Waals surface area contributed by atoms with Crippen molar-refractivity contribution in [3.8, 4) is 0 Å². The van der Waals surface area contributed by atoms with Crippen LogP contribution in [0.3, 0.4) is 0 Å². The number of rotatable bonds is 3.